The highest BCUT2D eigenvalue weighted by Gasteiger charge is 2.11. The van der Waals surface area contributed by atoms with Gasteiger partial charge in [-0.2, -0.15) is 8.78 Å². The lowest BCUT2D eigenvalue weighted by atomic mass is 10.6. The molecule has 0 saturated heterocycles. The largest absolute Gasteiger partial charge is 0.291 e. The van der Waals surface area contributed by atoms with Gasteiger partial charge in [-0.25, -0.2) is 4.68 Å². The Balaban J connectivity index is 2.69. The maximum Gasteiger partial charge on any atom is 0.291 e. The molecule has 0 aliphatic carbocycles. The minimum atomic E-state index is -2.50. The third-order valence-corrected chi connectivity index (χ3v) is 1.68. The fourth-order valence-corrected chi connectivity index (χ4v) is 1.07. The molecule has 0 aliphatic rings. The van der Waals surface area contributed by atoms with Crippen molar-refractivity contribution in [2.24, 2.45) is 0 Å². The number of hydrogen-bond acceptors (Lipinski definition) is 4. The molecule has 0 amide bonds. The molecule has 0 unspecified atom stereocenters. The number of hydrogen-bond donors (Lipinski definition) is 0. The van der Waals surface area contributed by atoms with Crippen LogP contribution in [0.5, 0.6) is 0 Å². The quantitative estimate of drug-likeness (QED) is 0.530. The minimum Gasteiger partial charge on any atom is -0.216 e. The molecule has 4 nitrogen and oxygen atoms in total. The van der Waals surface area contributed by atoms with Gasteiger partial charge in [-0.05, 0) is 22.2 Å². The summed E-state index contributed by atoms with van der Waals surface area (Å²) in [6.45, 7) is 3.78. The summed E-state index contributed by atoms with van der Waals surface area (Å²) < 4.78 is 24.9. The van der Waals surface area contributed by atoms with Gasteiger partial charge in [0.15, 0.2) is 0 Å². The molecule has 0 radical (unpaired) electrons. The standard InChI is InChI=1S/C5H6F2N4S/c1-2-3-11-5(8-9-10-11)12-4(6)7/h2,4H,1,3H2. The van der Waals surface area contributed by atoms with Gasteiger partial charge in [0, 0.05) is 0 Å². The number of tetrazole rings is 1. The van der Waals surface area contributed by atoms with Crippen molar-refractivity contribution in [3.63, 3.8) is 0 Å². The van der Waals surface area contributed by atoms with Crippen molar-refractivity contribution in [3.05, 3.63) is 12.7 Å². The maximum absolute atomic E-state index is 11.8. The van der Waals surface area contributed by atoms with Gasteiger partial charge in [-0.15, -0.1) is 11.7 Å². The molecule has 1 aromatic rings. The molecular weight excluding hydrogens is 186 g/mol. The monoisotopic (exact) mass is 192 g/mol. The van der Waals surface area contributed by atoms with E-state index in [-0.39, 0.29) is 5.16 Å². The van der Waals surface area contributed by atoms with Crippen LogP contribution < -0.4 is 0 Å². The van der Waals surface area contributed by atoms with E-state index in [4.69, 9.17) is 0 Å². The summed E-state index contributed by atoms with van der Waals surface area (Å²) in [5.41, 5.74) is 0. The van der Waals surface area contributed by atoms with Crippen molar-refractivity contribution in [1.82, 2.24) is 20.2 Å². The number of alkyl halides is 2. The molecular formula is C5H6F2N4S. The minimum absolute atomic E-state index is 0.102. The highest BCUT2D eigenvalue weighted by Crippen LogP contribution is 2.21. The number of aromatic nitrogens is 4. The fourth-order valence-electron chi connectivity index (χ4n) is 0.597. The SMILES string of the molecule is C=CCn1nnnc1SC(F)F. The van der Waals surface area contributed by atoms with Gasteiger partial charge in [0.25, 0.3) is 5.76 Å². The summed E-state index contributed by atoms with van der Waals surface area (Å²) in [5, 5.41) is 10.3. The zero-order valence-electron chi connectivity index (χ0n) is 6.02. The van der Waals surface area contributed by atoms with Crippen molar-refractivity contribution < 1.29 is 8.78 Å². The van der Waals surface area contributed by atoms with Crippen LogP contribution >= 0.6 is 11.8 Å². The van der Waals surface area contributed by atoms with Crippen molar-refractivity contribution in [3.8, 4) is 0 Å². The molecule has 0 fully saturated rings. The van der Waals surface area contributed by atoms with E-state index in [2.05, 4.69) is 22.1 Å². The fraction of sp³-hybridized carbons (Fsp3) is 0.400. The Morgan fingerprint density at radius 2 is 2.42 bits per heavy atom. The van der Waals surface area contributed by atoms with Crippen LogP contribution in [-0.2, 0) is 6.54 Å². The van der Waals surface area contributed by atoms with E-state index in [0.29, 0.717) is 18.3 Å². The van der Waals surface area contributed by atoms with Crippen LogP contribution in [0, 0.1) is 0 Å². The third-order valence-electron chi connectivity index (χ3n) is 0.996. The van der Waals surface area contributed by atoms with Crippen LogP contribution in [0.15, 0.2) is 17.8 Å². The first-order valence-electron chi connectivity index (χ1n) is 3.06. The Bertz CT molecular complexity index is 262. The Kier molecular flexibility index (Phi) is 3.15. The van der Waals surface area contributed by atoms with E-state index in [1.54, 1.807) is 0 Å². The second-order valence-electron chi connectivity index (χ2n) is 1.81. The summed E-state index contributed by atoms with van der Waals surface area (Å²) in [4.78, 5) is 0. The van der Waals surface area contributed by atoms with Gasteiger partial charge in [-0.3, -0.25) is 0 Å². The molecule has 0 aliphatic heterocycles. The molecule has 1 aromatic heterocycles. The van der Waals surface area contributed by atoms with Crippen LogP contribution in [0.3, 0.4) is 0 Å². The number of allylic oxidation sites excluding steroid dienone is 1. The summed E-state index contributed by atoms with van der Waals surface area (Å²) in [5.74, 6) is -2.50. The number of halogens is 2. The van der Waals surface area contributed by atoms with Crippen LogP contribution in [0.1, 0.15) is 0 Å². The van der Waals surface area contributed by atoms with E-state index in [1.807, 2.05) is 0 Å². The first-order chi connectivity index (χ1) is 5.74. The number of nitrogens with zero attached hydrogens (tertiary/aromatic N) is 4. The van der Waals surface area contributed by atoms with Gasteiger partial charge < -0.3 is 0 Å². The van der Waals surface area contributed by atoms with Gasteiger partial charge in [0.2, 0.25) is 5.16 Å². The van der Waals surface area contributed by atoms with E-state index < -0.39 is 5.76 Å². The molecule has 7 heteroatoms. The molecule has 0 aromatic carbocycles. The van der Waals surface area contributed by atoms with Gasteiger partial charge in [-0.1, -0.05) is 6.08 Å². The van der Waals surface area contributed by atoms with Crippen molar-refractivity contribution in [1.29, 1.82) is 0 Å². The molecule has 1 rings (SSSR count). The first kappa shape index (κ1) is 9.11. The summed E-state index contributed by atoms with van der Waals surface area (Å²) in [7, 11) is 0. The predicted molar refractivity (Wildman–Crippen MR) is 39.9 cm³/mol. The molecule has 0 spiro atoms. The molecule has 1 heterocycles. The lowest BCUT2D eigenvalue weighted by Gasteiger charge is -1.98. The number of rotatable bonds is 4. The van der Waals surface area contributed by atoms with Gasteiger partial charge >= 0.3 is 0 Å². The van der Waals surface area contributed by atoms with Crippen molar-refractivity contribution >= 4 is 11.8 Å². The zero-order chi connectivity index (χ0) is 8.97. The van der Waals surface area contributed by atoms with Gasteiger partial charge in [0.1, 0.15) is 0 Å². The van der Waals surface area contributed by atoms with E-state index in [1.165, 1.54) is 10.8 Å². The Morgan fingerprint density at radius 1 is 1.67 bits per heavy atom. The molecule has 12 heavy (non-hydrogen) atoms. The lowest BCUT2D eigenvalue weighted by molar-refractivity contribution is 0.251. The number of thioether (sulfide) groups is 1. The van der Waals surface area contributed by atoms with Crippen molar-refractivity contribution in [2.45, 2.75) is 17.5 Å². The van der Waals surface area contributed by atoms with Crippen molar-refractivity contribution in [2.75, 3.05) is 0 Å². The van der Waals surface area contributed by atoms with E-state index in [0.717, 1.165) is 0 Å². The van der Waals surface area contributed by atoms with Gasteiger partial charge in [0.05, 0.1) is 6.54 Å². The van der Waals surface area contributed by atoms with E-state index >= 15 is 0 Å². The Morgan fingerprint density at radius 3 is 3.00 bits per heavy atom. The highest BCUT2D eigenvalue weighted by atomic mass is 32.2. The maximum atomic E-state index is 11.8. The summed E-state index contributed by atoms with van der Waals surface area (Å²) in [6.07, 6.45) is 1.53. The van der Waals surface area contributed by atoms with Crippen LogP contribution in [0.2, 0.25) is 0 Å². The van der Waals surface area contributed by atoms with Crippen LogP contribution in [-0.4, -0.2) is 26.0 Å². The second kappa shape index (κ2) is 4.15. The van der Waals surface area contributed by atoms with Crippen LogP contribution in [0.4, 0.5) is 8.78 Å². The van der Waals surface area contributed by atoms with Crippen LogP contribution in [0.25, 0.3) is 0 Å². The molecule has 0 bridgehead atoms. The van der Waals surface area contributed by atoms with E-state index in [9.17, 15) is 8.78 Å². The summed E-state index contributed by atoms with van der Waals surface area (Å²) >= 11 is 0.317. The molecule has 0 atom stereocenters. The molecule has 0 saturated carbocycles. The summed E-state index contributed by atoms with van der Waals surface area (Å²) in [6, 6.07) is 0. The Labute approximate surface area is 71.6 Å². The average Bonchev–Trinajstić information content (AvgIpc) is 2.37. The first-order valence-corrected chi connectivity index (χ1v) is 3.94. The highest BCUT2D eigenvalue weighted by molar-refractivity contribution is 7.99. The second-order valence-corrected chi connectivity index (χ2v) is 2.77. The predicted octanol–water partition coefficient (Wildman–Crippen LogP) is 1.17. The smallest absolute Gasteiger partial charge is 0.216 e. The topological polar surface area (TPSA) is 43.6 Å². The average molecular weight is 192 g/mol. The molecule has 66 valence electrons. The normalized spacial score (nSPS) is 10.6. The molecule has 0 N–H and O–H groups in total. The zero-order valence-corrected chi connectivity index (χ0v) is 6.84. The lowest BCUT2D eigenvalue weighted by Crippen LogP contribution is -2.00. The third kappa shape index (κ3) is 2.26. The Hall–Kier alpha value is -0.980.